The molecule has 2 rings (SSSR count). The summed E-state index contributed by atoms with van der Waals surface area (Å²) in [7, 11) is 1.36. The predicted octanol–water partition coefficient (Wildman–Crippen LogP) is 1.38. The van der Waals surface area contributed by atoms with Gasteiger partial charge in [0.2, 0.25) is 0 Å². The summed E-state index contributed by atoms with van der Waals surface area (Å²) in [6.45, 7) is 0. The summed E-state index contributed by atoms with van der Waals surface area (Å²) in [5, 5.41) is 0.765. The molecule has 90 valence electrons. The van der Waals surface area contributed by atoms with Gasteiger partial charge in [-0.3, -0.25) is 4.79 Å². The topological polar surface area (TPSA) is 80.8 Å². The number of alkyl halides is 1. The maximum absolute atomic E-state index is 11.2. The van der Waals surface area contributed by atoms with E-state index in [1.807, 2.05) is 0 Å². The first-order valence-corrected chi connectivity index (χ1v) is 6.61. The van der Waals surface area contributed by atoms with Crippen molar-refractivity contribution in [2.24, 2.45) is 0 Å². The van der Waals surface area contributed by atoms with Crippen LogP contribution in [0.15, 0.2) is 17.7 Å². The van der Waals surface area contributed by atoms with E-state index < -0.39 is 0 Å². The zero-order valence-electron chi connectivity index (χ0n) is 8.88. The molecule has 0 aliphatic carbocycles. The number of fused-ring (bicyclic) bond motifs is 1. The monoisotopic (exact) mass is 316 g/mol. The van der Waals surface area contributed by atoms with E-state index in [0.29, 0.717) is 11.4 Å². The molecule has 1 unspecified atom stereocenters. The summed E-state index contributed by atoms with van der Waals surface area (Å²) in [6.07, 6.45) is 3.02. The van der Waals surface area contributed by atoms with Crippen LogP contribution in [0.25, 0.3) is 11.2 Å². The molecule has 0 spiro atoms. The number of hydrogen-bond acceptors (Lipinski definition) is 6. The van der Waals surface area contributed by atoms with Gasteiger partial charge in [0.05, 0.1) is 13.4 Å². The summed E-state index contributed by atoms with van der Waals surface area (Å²) in [6, 6.07) is 0. The number of methoxy groups -OCH3 is 1. The van der Waals surface area contributed by atoms with Gasteiger partial charge in [-0.1, -0.05) is 15.9 Å². The Balaban J connectivity index is 2.09. The lowest BCUT2D eigenvalue weighted by molar-refractivity contribution is -0.139. The largest absolute Gasteiger partial charge is 0.468 e. The van der Waals surface area contributed by atoms with Crippen molar-refractivity contribution in [2.45, 2.75) is 9.85 Å². The highest BCUT2D eigenvalue weighted by Gasteiger charge is 2.17. The molecule has 0 aromatic carbocycles. The smallest absolute Gasteiger partial charge is 0.320 e. The fourth-order valence-corrected chi connectivity index (χ4v) is 2.64. The molecule has 0 aliphatic heterocycles. The Morgan fingerprint density at radius 1 is 1.59 bits per heavy atom. The number of hydrogen-bond donors (Lipinski definition) is 1. The molecule has 0 saturated carbocycles. The van der Waals surface area contributed by atoms with Crippen molar-refractivity contribution < 1.29 is 9.53 Å². The summed E-state index contributed by atoms with van der Waals surface area (Å²) in [5.74, 6) is 0.227. The first-order valence-electron chi connectivity index (χ1n) is 4.71. The maximum atomic E-state index is 11.2. The second-order valence-corrected chi connectivity index (χ2v) is 5.20. The predicted molar refractivity (Wildman–Crippen MR) is 67.1 cm³/mol. The summed E-state index contributed by atoms with van der Waals surface area (Å²) < 4.78 is 4.62. The van der Waals surface area contributed by atoms with Gasteiger partial charge in [-0.25, -0.2) is 15.0 Å². The second-order valence-electron chi connectivity index (χ2n) is 3.08. The minimum absolute atomic E-state index is 0.299. The molecule has 6 nitrogen and oxygen atoms in total. The van der Waals surface area contributed by atoms with Crippen LogP contribution in [-0.4, -0.2) is 43.6 Å². The Hall–Kier alpha value is -1.15. The van der Waals surface area contributed by atoms with E-state index in [4.69, 9.17) is 0 Å². The average molecular weight is 317 g/mol. The van der Waals surface area contributed by atoms with Crippen molar-refractivity contribution in [2.75, 3.05) is 12.9 Å². The molecule has 2 heterocycles. The quantitative estimate of drug-likeness (QED) is 0.397. The van der Waals surface area contributed by atoms with Crippen LogP contribution in [-0.2, 0) is 9.53 Å². The van der Waals surface area contributed by atoms with E-state index in [-0.39, 0.29) is 10.8 Å². The Kier molecular flexibility index (Phi) is 3.95. The lowest BCUT2D eigenvalue weighted by Crippen LogP contribution is -2.17. The number of H-pyrrole nitrogens is 1. The number of rotatable bonds is 4. The summed E-state index contributed by atoms with van der Waals surface area (Å²) in [4.78, 5) is 26.0. The third kappa shape index (κ3) is 2.75. The van der Waals surface area contributed by atoms with Gasteiger partial charge >= 0.3 is 5.97 Å². The lowest BCUT2D eigenvalue weighted by Gasteiger charge is -2.06. The normalized spacial score (nSPS) is 12.6. The fraction of sp³-hybridized carbons (Fsp3) is 0.333. The van der Waals surface area contributed by atoms with Crippen molar-refractivity contribution in [3.05, 3.63) is 12.7 Å². The van der Waals surface area contributed by atoms with Gasteiger partial charge < -0.3 is 9.72 Å². The first kappa shape index (κ1) is 12.3. The summed E-state index contributed by atoms with van der Waals surface area (Å²) in [5.41, 5.74) is 1.40. The number of esters is 1. The van der Waals surface area contributed by atoms with Crippen molar-refractivity contribution in [1.29, 1.82) is 0 Å². The van der Waals surface area contributed by atoms with Crippen LogP contribution in [0.2, 0.25) is 0 Å². The zero-order chi connectivity index (χ0) is 12.3. The molecular weight excluding hydrogens is 308 g/mol. The molecule has 0 bridgehead atoms. The molecule has 0 amide bonds. The number of ether oxygens (including phenoxy) is 1. The molecule has 8 heteroatoms. The van der Waals surface area contributed by atoms with E-state index in [0.717, 1.165) is 10.5 Å². The minimum Gasteiger partial charge on any atom is -0.468 e. The van der Waals surface area contributed by atoms with Crippen LogP contribution < -0.4 is 0 Å². The van der Waals surface area contributed by atoms with Gasteiger partial charge in [-0.05, 0) is 0 Å². The van der Waals surface area contributed by atoms with Gasteiger partial charge in [0.25, 0.3) is 0 Å². The molecule has 2 aromatic heterocycles. The van der Waals surface area contributed by atoms with Crippen LogP contribution in [0.1, 0.15) is 0 Å². The van der Waals surface area contributed by atoms with Crippen LogP contribution in [0, 0.1) is 0 Å². The number of thioether (sulfide) groups is 1. The number of imidazole rings is 1. The van der Waals surface area contributed by atoms with Gasteiger partial charge in [-0.2, -0.15) is 0 Å². The molecular formula is C9H9BrN4O2S. The van der Waals surface area contributed by atoms with E-state index in [1.165, 1.54) is 25.2 Å². The molecule has 1 atom stereocenters. The SMILES string of the molecule is COC(=O)C(Br)CSc1ncnc2nc[nH]c12. The minimum atomic E-state index is -0.356. The Morgan fingerprint density at radius 2 is 2.41 bits per heavy atom. The molecule has 0 radical (unpaired) electrons. The second kappa shape index (κ2) is 5.46. The zero-order valence-corrected chi connectivity index (χ0v) is 11.3. The van der Waals surface area contributed by atoms with E-state index >= 15 is 0 Å². The Bertz CT molecular complexity index is 532. The van der Waals surface area contributed by atoms with E-state index in [9.17, 15) is 4.79 Å². The molecule has 0 fully saturated rings. The van der Waals surface area contributed by atoms with Crippen molar-refractivity contribution in [1.82, 2.24) is 19.9 Å². The molecule has 17 heavy (non-hydrogen) atoms. The van der Waals surface area contributed by atoms with Crippen LogP contribution in [0.3, 0.4) is 0 Å². The highest BCUT2D eigenvalue weighted by atomic mass is 79.9. The van der Waals surface area contributed by atoms with Crippen LogP contribution >= 0.6 is 27.7 Å². The fourth-order valence-electron chi connectivity index (χ4n) is 1.20. The van der Waals surface area contributed by atoms with Gasteiger partial charge in [0.15, 0.2) is 5.65 Å². The lowest BCUT2D eigenvalue weighted by atomic mass is 10.5. The highest BCUT2D eigenvalue weighted by molar-refractivity contribution is 9.10. The number of halogens is 1. The molecule has 0 saturated heterocycles. The van der Waals surface area contributed by atoms with Crippen molar-refractivity contribution >= 4 is 44.8 Å². The van der Waals surface area contributed by atoms with E-state index in [2.05, 4.69) is 40.6 Å². The van der Waals surface area contributed by atoms with Crippen molar-refractivity contribution in [3.8, 4) is 0 Å². The van der Waals surface area contributed by atoms with Crippen LogP contribution in [0.5, 0.6) is 0 Å². The number of carbonyl (C=O) groups excluding carboxylic acids is 1. The maximum Gasteiger partial charge on any atom is 0.320 e. The highest BCUT2D eigenvalue weighted by Crippen LogP contribution is 2.24. The van der Waals surface area contributed by atoms with E-state index in [1.54, 1.807) is 6.33 Å². The Morgan fingerprint density at radius 3 is 3.18 bits per heavy atom. The van der Waals surface area contributed by atoms with Crippen molar-refractivity contribution in [3.63, 3.8) is 0 Å². The number of nitrogens with zero attached hydrogens (tertiary/aromatic N) is 3. The standard InChI is InChI=1S/C9H9BrN4O2S/c1-16-9(15)5(10)2-17-8-6-7(12-3-11-6)13-4-14-8/h3-5H,2H2,1H3,(H,11,12,13,14). The Labute approximate surface area is 110 Å². The average Bonchev–Trinajstić information content (AvgIpc) is 2.83. The third-order valence-corrected chi connectivity index (χ3v) is 4.22. The van der Waals surface area contributed by atoms with Gasteiger partial charge in [-0.15, -0.1) is 11.8 Å². The molecule has 0 aliphatic rings. The van der Waals surface area contributed by atoms with Gasteiger partial charge in [0, 0.05) is 5.75 Å². The first-order chi connectivity index (χ1) is 8.22. The third-order valence-electron chi connectivity index (χ3n) is 2.01. The molecule has 2 aromatic rings. The summed E-state index contributed by atoms with van der Waals surface area (Å²) >= 11 is 4.69. The number of nitrogens with one attached hydrogen (secondary N) is 1. The van der Waals surface area contributed by atoms with Gasteiger partial charge in [0.1, 0.15) is 21.7 Å². The van der Waals surface area contributed by atoms with Crippen LogP contribution in [0.4, 0.5) is 0 Å². The number of aromatic nitrogens is 4. The number of aromatic amines is 1. The number of carbonyl (C=O) groups is 1. The molecule has 1 N–H and O–H groups in total.